The highest BCUT2D eigenvalue weighted by atomic mass is 32.1. The van der Waals surface area contributed by atoms with Crippen LogP contribution in [0, 0.1) is 11.7 Å². The fourth-order valence-electron chi connectivity index (χ4n) is 4.89. The van der Waals surface area contributed by atoms with Crippen molar-refractivity contribution in [1.29, 1.82) is 0 Å². The molecule has 1 aromatic carbocycles. The number of cyclic esters (lactones) is 1. The Labute approximate surface area is 205 Å². The molecule has 0 bridgehead atoms. The van der Waals surface area contributed by atoms with Crippen LogP contribution >= 0.6 is 12.2 Å². The number of amides is 2. The highest BCUT2D eigenvalue weighted by Crippen LogP contribution is 2.29. The quantitative estimate of drug-likeness (QED) is 0.587. The van der Waals surface area contributed by atoms with Gasteiger partial charge in [0.15, 0.2) is 0 Å². The van der Waals surface area contributed by atoms with E-state index in [1.165, 1.54) is 37.3 Å². The Kier molecular flexibility index (Phi) is 8.20. The number of nitrogens with zero attached hydrogens (tertiary/aromatic N) is 3. The zero-order valence-electron chi connectivity index (χ0n) is 19.6. The van der Waals surface area contributed by atoms with Crippen molar-refractivity contribution in [3.05, 3.63) is 24.0 Å². The number of hydrogen-bond acceptors (Lipinski definition) is 6. The van der Waals surface area contributed by atoms with E-state index in [2.05, 4.69) is 5.32 Å². The van der Waals surface area contributed by atoms with Gasteiger partial charge in [0.25, 0.3) is 0 Å². The van der Waals surface area contributed by atoms with Gasteiger partial charge in [-0.2, -0.15) is 0 Å². The largest absolute Gasteiger partial charge is 0.442 e. The zero-order valence-corrected chi connectivity index (χ0v) is 20.4. The molecule has 0 aromatic heterocycles. The minimum absolute atomic E-state index is 0.0534. The number of rotatable bonds is 7. The monoisotopic (exact) mass is 492 g/mol. The summed E-state index contributed by atoms with van der Waals surface area (Å²) in [5.41, 5.74) is 0.934. The van der Waals surface area contributed by atoms with Gasteiger partial charge < -0.3 is 24.6 Å². The smallest absolute Gasteiger partial charge is 0.414 e. The van der Waals surface area contributed by atoms with Gasteiger partial charge in [-0.15, -0.1) is 0 Å². The fraction of sp³-hybridized carbons (Fsp3) is 0.625. The second-order valence-corrected chi connectivity index (χ2v) is 9.57. The van der Waals surface area contributed by atoms with Crippen molar-refractivity contribution in [3.63, 3.8) is 0 Å². The van der Waals surface area contributed by atoms with Gasteiger partial charge in [-0.1, -0.05) is 31.5 Å². The molecule has 2 aliphatic heterocycles. The number of anilines is 2. The van der Waals surface area contributed by atoms with Crippen LogP contribution in [0.25, 0.3) is 0 Å². The van der Waals surface area contributed by atoms with Crippen LogP contribution in [-0.4, -0.2) is 81.0 Å². The highest BCUT2D eigenvalue weighted by molar-refractivity contribution is 7.80. The van der Waals surface area contributed by atoms with Crippen LogP contribution < -0.4 is 15.1 Å². The van der Waals surface area contributed by atoms with Crippen molar-refractivity contribution >= 4 is 40.6 Å². The summed E-state index contributed by atoms with van der Waals surface area (Å²) in [4.78, 5) is 30.4. The third-order valence-electron chi connectivity index (χ3n) is 6.84. The van der Waals surface area contributed by atoms with Crippen LogP contribution in [0.15, 0.2) is 18.2 Å². The van der Waals surface area contributed by atoms with E-state index in [0.29, 0.717) is 56.6 Å². The molecular weight excluding hydrogens is 459 g/mol. The Bertz CT molecular complexity index is 903. The standard InChI is InChI=1S/C24H33FN4O4S/c1-32-16-22(30)28-11-9-27(10-12-28)21-8-7-18(13-20(21)25)29-15-19(33-24(29)31)14-26-23(34)17-5-3-2-4-6-17/h7-8,13,17,19H,2-6,9-12,14-16H2,1H3,(H,26,34). The molecule has 1 atom stereocenters. The van der Waals surface area contributed by atoms with E-state index in [0.717, 1.165) is 17.8 Å². The van der Waals surface area contributed by atoms with Crippen LogP contribution in [0.5, 0.6) is 0 Å². The van der Waals surface area contributed by atoms with E-state index >= 15 is 0 Å². The fourth-order valence-corrected chi connectivity index (χ4v) is 5.21. The molecule has 1 aliphatic carbocycles. The molecule has 3 aliphatic rings. The first-order valence-electron chi connectivity index (χ1n) is 12.0. The summed E-state index contributed by atoms with van der Waals surface area (Å²) in [6.45, 7) is 2.96. The van der Waals surface area contributed by atoms with E-state index in [4.69, 9.17) is 21.7 Å². The molecule has 2 saturated heterocycles. The van der Waals surface area contributed by atoms with Crippen molar-refractivity contribution < 1.29 is 23.5 Å². The van der Waals surface area contributed by atoms with E-state index in [1.807, 2.05) is 4.90 Å². The molecule has 2 amide bonds. The molecule has 0 spiro atoms. The minimum Gasteiger partial charge on any atom is -0.442 e. The maximum atomic E-state index is 15.0. The first kappa shape index (κ1) is 24.7. The molecule has 1 saturated carbocycles. The van der Waals surface area contributed by atoms with Gasteiger partial charge in [0.1, 0.15) is 18.5 Å². The molecule has 4 rings (SSSR count). The summed E-state index contributed by atoms with van der Waals surface area (Å²) < 4.78 is 25.4. The maximum absolute atomic E-state index is 15.0. The summed E-state index contributed by atoms with van der Waals surface area (Å²) in [7, 11) is 1.49. The number of carbonyl (C=O) groups excluding carboxylic acids is 2. The number of hydrogen-bond donors (Lipinski definition) is 1. The van der Waals surface area contributed by atoms with Gasteiger partial charge in [0.2, 0.25) is 5.91 Å². The van der Waals surface area contributed by atoms with E-state index in [-0.39, 0.29) is 18.6 Å². The lowest BCUT2D eigenvalue weighted by Gasteiger charge is -2.36. The zero-order chi connectivity index (χ0) is 24.1. The first-order valence-corrected chi connectivity index (χ1v) is 12.4. The van der Waals surface area contributed by atoms with Crippen molar-refractivity contribution in [2.45, 2.75) is 38.2 Å². The summed E-state index contributed by atoms with van der Waals surface area (Å²) in [6, 6.07) is 4.81. The van der Waals surface area contributed by atoms with E-state index < -0.39 is 11.9 Å². The van der Waals surface area contributed by atoms with Crippen molar-refractivity contribution in [1.82, 2.24) is 10.2 Å². The summed E-state index contributed by atoms with van der Waals surface area (Å²) in [5, 5.41) is 3.28. The normalized spacial score (nSPS) is 21.5. The molecule has 1 aromatic rings. The Morgan fingerprint density at radius 3 is 2.62 bits per heavy atom. The number of benzene rings is 1. The van der Waals surface area contributed by atoms with Gasteiger partial charge in [-0.05, 0) is 31.0 Å². The second-order valence-electron chi connectivity index (χ2n) is 9.13. The van der Waals surface area contributed by atoms with Gasteiger partial charge in [0.05, 0.1) is 29.5 Å². The molecule has 1 unspecified atom stereocenters. The Balaban J connectivity index is 1.30. The van der Waals surface area contributed by atoms with Crippen LogP contribution in [0.4, 0.5) is 20.6 Å². The van der Waals surface area contributed by atoms with Gasteiger partial charge in [0, 0.05) is 39.2 Å². The average molecular weight is 493 g/mol. The third-order valence-corrected chi connectivity index (χ3v) is 7.32. The lowest BCUT2D eigenvalue weighted by Crippen LogP contribution is -2.50. The van der Waals surface area contributed by atoms with E-state index in [9.17, 15) is 14.0 Å². The lowest BCUT2D eigenvalue weighted by molar-refractivity contribution is -0.135. The summed E-state index contributed by atoms with van der Waals surface area (Å²) >= 11 is 5.54. The molecule has 10 heteroatoms. The van der Waals surface area contributed by atoms with Crippen molar-refractivity contribution in [3.8, 4) is 0 Å². The van der Waals surface area contributed by atoms with Gasteiger partial charge in [-0.3, -0.25) is 9.69 Å². The molecule has 2 heterocycles. The lowest BCUT2D eigenvalue weighted by atomic mass is 9.89. The number of carbonyl (C=O) groups is 2. The topological polar surface area (TPSA) is 74.3 Å². The SMILES string of the molecule is COCC(=O)N1CCN(c2ccc(N3CC(CNC(=S)C4CCCCC4)OC3=O)cc2F)CC1. The number of methoxy groups -OCH3 is 1. The third kappa shape index (κ3) is 5.78. The Hall–Kier alpha value is -2.46. The molecule has 1 N–H and O–H groups in total. The molecular formula is C24H33FN4O4S. The predicted molar refractivity (Wildman–Crippen MR) is 132 cm³/mol. The minimum atomic E-state index is -0.479. The number of piperazine rings is 1. The molecule has 186 valence electrons. The Morgan fingerprint density at radius 1 is 1.21 bits per heavy atom. The molecule has 8 nitrogen and oxygen atoms in total. The summed E-state index contributed by atoms with van der Waals surface area (Å²) in [5.74, 6) is -0.0466. The first-order chi connectivity index (χ1) is 16.5. The number of halogens is 1. The number of thiocarbonyl (C=S) groups is 1. The van der Waals surface area contributed by atoms with Crippen LogP contribution in [-0.2, 0) is 14.3 Å². The predicted octanol–water partition coefficient (Wildman–Crippen LogP) is 2.94. The maximum Gasteiger partial charge on any atom is 0.414 e. The highest BCUT2D eigenvalue weighted by Gasteiger charge is 2.33. The summed E-state index contributed by atoms with van der Waals surface area (Å²) in [6.07, 6.45) is 5.11. The second kappa shape index (κ2) is 11.3. The average Bonchev–Trinajstić information content (AvgIpc) is 3.23. The van der Waals surface area contributed by atoms with Gasteiger partial charge in [-0.25, -0.2) is 9.18 Å². The molecule has 3 fully saturated rings. The molecule has 34 heavy (non-hydrogen) atoms. The Morgan fingerprint density at radius 2 is 1.94 bits per heavy atom. The molecule has 0 radical (unpaired) electrons. The van der Waals surface area contributed by atoms with Crippen LogP contribution in [0.2, 0.25) is 0 Å². The van der Waals surface area contributed by atoms with Crippen LogP contribution in [0.1, 0.15) is 32.1 Å². The van der Waals surface area contributed by atoms with E-state index in [1.54, 1.807) is 17.0 Å². The number of ether oxygens (including phenoxy) is 2. The van der Waals surface area contributed by atoms with Gasteiger partial charge >= 0.3 is 6.09 Å². The number of nitrogens with one attached hydrogen (secondary N) is 1. The van der Waals surface area contributed by atoms with Crippen LogP contribution in [0.3, 0.4) is 0 Å². The van der Waals surface area contributed by atoms with Crippen molar-refractivity contribution in [2.75, 3.05) is 62.8 Å². The van der Waals surface area contributed by atoms with Crippen molar-refractivity contribution in [2.24, 2.45) is 5.92 Å².